The first-order valence-corrected chi connectivity index (χ1v) is 10.4. The minimum absolute atomic E-state index is 0.0444. The Bertz CT molecular complexity index is 1060. The van der Waals surface area contributed by atoms with Crippen LogP contribution in [0.5, 0.6) is 0 Å². The molecule has 28 heavy (non-hydrogen) atoms. The molecule has 0 aliphatic heterocycles. The van der Waals surface area contributed by atoms with Crippen molar-refractivity contribution in [3.63, 3.8) is 0 Å². The molecule has 0 aliphatic carbocycles. The molecule has 144 valence electrons. The van der Waals surface area contributed by atoms with E-state index in [1.54, 1.807) is 12.1 Å². The van der Waals surface area contributed by atoms with Gasteiger partial charge in [-0.25, -0.2) is 13.6 Å². The zero-order valence-electron chi connectivity index (χ0n) is 15.5. The smallest absolute Gasteiger partial charge is 0.252 e. The van der Waals surface area contributed by atoms with Crippen molar-refractivity contribution >= 4 is 15.9 Å². The number of rotatable bonds is 6. The molecule has 0 saturated heterocycles. The Labute approximate surface area is 165 Å². The molecule has 0 fully saturated rings. The average molecular weight is 394 g/mol. The monoisotopic (exact) mass is 394 g/mol. The van der Waals surface area contributed by atoms with E-state index >= 15 is 0 Å². The van der Waals surface area contributed by atoms with Crippen LogP contribution in [0.1, 0.15) is 40.0 Å². The first-order valence-electron chi connectivity index (χ1n) is 8.90. The van der Waals surface area contributed by atoms with Gasteiger partial charge in [0.1, 0.15) is 0 Å². The second kappa shape index (κ2) is 8.37. The summed E-state index contributed by atoms with van der Waals surface area (Å²) in [4.78, 5) is 12.9. The van der Waals surface area contributed by atoms with Crippen molar-refractivity contribution in [3.05, 3.63) is 101 Å². The summed E-state index contributed by atoms with van der Waals surface area (Å²) in [6.07, 6.45) is 0.669. The van der Waals surface area contributed by atoms with E-state index in [1.165, 1.54) is 12.1 Å². The number of hydrogen-bond donors (Lipinski definition) is 2. The van der Waals surface area contributed by atoms with Crippen LogP contribution in [0.3, 0.4) is 0 Å². The maximum Gasteiger partial charge on any atom is 0.252 e. The number of nitrogens with one attached hydrogen (secondary N) is 1. The molecule has 3 aromatic carbocycles. The molecule has 1 amide bonds. The van der Waals surface area contributed by atoms with Crippen molar-refractivity contribution in [2.45, 2.75) is 24.3 Å². The van der Waals surface area contributed by atoms with Gasteiger partial charge in [0.25, 0.3) is 5.91 Å². The Morgan fingerprint density at radius 1 is 0.929 bits per heavy atom. The van der Waals surface area contributed by atoms with Gasteiger partial charge in [0.15, 0.2) is 0 Å². The Balaban J connectivity index is 1.76. The zero-order valence-corrected chi connectivity index (χ0v) is 16.3. The van der Waals surface area contributed by atoms with Crippen LogP contribution in [0.15, 0.2) is 83.8 Å². The summed E-state index contributed by atoms with van der Waals surface area (Å²) in [6, 6.07) is 23.4. The van der Waals surface area contributed by atoms with Gasteiger partial charge in [0.05, 0.1) is 10.9 Å². The summed E-state index contributed by atoms with van der Waals surface area (Å²) in [5, 5.41) is 8.10. The molecule has 1 atom stereocenters. The number of hydrogen-bond acceptors (Lipinski definition) is 3. The van der Waals surface area contributed by atoms with Gasteiger partial charge < -0.3 is 5.32 Å². The molecule has 3 rings (SSSR count). The largest absolute Gasteiger partial charge is 0.346 e. The number of carbonyl (C=O) groups is 1. The van der Waals surface area contributed by atoms with Gasteiger partial charge in [-0.3, -0.25) is 4.79 Å². The van der Waals surface area contributed by atoms with Crippen LogP contribution in [0.25, 0.3) is 0 Å². The average Bonchev–Trinajstić information content (AvgIpc) is 2.68. The van der Waals surface area contributed by atoms with Crippen LogP contribution in [0, 0.1) is 0 Å². The van der Waals surface area contributed by atoms with Gasteiger partial charge in [0, 0.05) is 5.56 Å². The molecule has 0 bridgehead atoms. The molecule has 0 saturated carbocycles. The summed E-state index contributed by atoms with van der Waals surface area (Å²) >= 11 is 0. The number of nitrogens with two attached hydrogens (primary N) is 1. The van der Waals surface area contributed by atoms with E-state index in [-0.39, 0.29) is 16.8 Å². The highest BCUT2D eigenvalue weighted by Crippen LogP contribution is 2.18. The highest BCUT2D eigenvalue weighted by atomic mass is 32.2. The lowest BCUT2D eigenvalue weighted by atomic mass is 9.99. The molecular formula is C22H22N2O3S. The molecule has 3 N–H and O–H groups in total. The second-order valence-electron chi connectivity index (χ2n) is 6.63. The normalized spacial score (nSPS) is 12.4. The predicted molar refractivity (Wildman–Crippen MR) is 109 cm³/mol. The van der Waals surface area contributed by atoms with Crippen molar-refractivity contribution < 1.29 is 13.2 Å². The lowest BCUT2D eigenvalue weighted by Gasteiger charge is -2.16. The first kappa shape index (κ1) is 19.8. The molecule has 3 aromatic rings. The Hall–Kier alpha value is -2.96. The molecule has 0 aliphatic rings. The summed E-state index contributed by atoms with van der Waals surface area (Å²) < 4.78 is 22.7. The number of amides is 1. The van der Waals surface area contributed by atoms with Crippen molar-refractivity contribution in [1.82, 2.24) is 5.32 Å². The van der Waals surface area contributed by atoms with Crippen LogP contribution >= 0.6 is 0 Å². The van der Waals surface area contributed by atoms with Gasteiger partial charge >= 0.3 is 0 Å². The van der Waals surface area contributed by atoms with Crippen LogP contribution in [0.4, 0.5) is 0 Å². The van der Waals surface area contributed by atoms with Crippen LogP contribution in [-0.2, 0) is 16.4 Å². The van der Waals surface area contributed by atoms with Crippen molar-refractivity contribution in [2.75, 3.05) is 0 Å². The van der Waals surface area contributed by atoms with E-state index in [1.807, 2.05) is 61.5 Å². The summed E-state index contributed by atoms with van der Waals surface area (Å²) in [5.41, 5.74) is 3.50. The molecule has 0 unspecified atom stereocenters. The fourth-order valence-corrected chi connectivity index (χ4v) is 3.53. The topological polar surface area (TPSA) is 89.3 Å². The van der Waals surface area contributed by atoms with Crippen molar-refractivity contribution in [3.8, 4) is 0 Å². The van der Waals surface area contributed by atoms with Crippen LogP contribution in [0.2, 0.25) is 0 Å². The number of sulfonamides is 1. The van der Waals surface area contributed by atoms with Gasteiger partial charge in [-0.15, -0.1) is 0 Å². The number of carbonyl (C=O) groups excluding carboxylic acids is 1. The quantitative estimate of drug-likeness (QED) is 0.671. The molecule has 0 radical (unpaired) electrons. The van der Waals surface area contributed by atoms with Crippen LogP contribution < -0.4 is 10.5 Å². The maximum atomic E-state index is 12.8. The van der Waals surface area contributed by atoms with Crippen LogP contribution in [-0.4, -0.2) is 14.3 Å². The SMILES string of the molecule is C[C@H](NC(=O)c1ccccc1Cc1ccccc1)c1ccc(S(N)(=O)=O)cc1. The number of primary sulfonamides is 1. The zero-order chi connectivity index (χ0) is 20.1. The van der Waals surface area contributed by atoms with Gasteiger partial charge in [-0.05, 0) is 48.2 Å². The Kier molecular flexibility index (Phi) is 5.92. The summed E-state index contributed by atoms with van der Waals surface area (Å²) in [5.74, 6) is -0.172. The molecule has 0 heterocycles. The van der Waals surface area contributed by atoms with Gasteiger partial charge in [0.2, 0.25) is 10.0 Å². The van der Waals surface area contributed by atoms with E-state index in [0.717, 1.165) is 16.7 Å². The maximum absolute atomic E-state index is 12.8. The molecule has 5 nitrogen and oxygen atoms in total. The predicted octanol–water partition coefficient (Wildman–Crippen LogP) is 3.42. The van der Waals surface area contributed by atoms with Gasteiger partial charge in [-0.1, -0.05) is 60.7 Å². The lowest BCUT2D eigenvalue weighted by Crippen LogP contribution is -2.27. The molecule has 6 heteroatoms. The molecular weight excluding hydrogens is 372 g/mol. The number of benzene rings is 3. The summed E-state index contributed by atoms with van der Waals surface area (Å²) in [7, 11) is -3.73. The minimum atomic E-state index is -3.73. The lowest BCUT2D eigenvalue weighted by molar-refractivity contribution is 0.0939. The molecule has 0 aromatic heterocycles. The highest BCUT2D eigenvalue weighted by Gasteiger charge is 2.16. The van der Waals surface area contributed by atoms with E-state index < -0.39 is 10.0 Å². The second-order valence-corrected chi connectivity index (χ2v) is 8.19. The van der Waals surface area contributed by atoms with Gasteiger partial charge in [-0.2, -0.15) is 0 Å². The van der Waals surface area contributed by atoms with Crippen molar-refractivity contribution in [2.24, 2.45) is 5.14 Å². The minimum Gasteiger partial charge on any atom is -0.346 e. The van der Waals surface area contributed by atoms with E-state index in [9.17, 15) is 13.2 Å². The molecule has 0 spiro atoms. The Morgan fingerprint density at radius 3 is 2.18 bits per heavy atom. The third kappa shape index (κ3) is 4.85. The third-order valence-electron chi connectivity index (χ3n) is 4.56. The fraction of sp³-hybridized carbons (Fsp3) is 0.136. The Morgan fingerprint density at radius 2 is 1.54 bits per heavy atom. The first-order chi connectivity index (χ1) is 13.3. The highest BCUT2D eigenvalue weighted by molar-refractivity contribution is 7.89. The fourth-order valence-electron chi connectivity index (χ4n) is 3.02. The van der Waals surface area contributed by atoms with Crippen molar-refractivity contribution in [1.29, 1.82) is 0 Å². The van der Waals surface area contributed by atoms with E-state index in [4.69, 9.17) is 5.14 Å². The van der Waals surface area contributed by atoms with E-state index in [0.29, 0.717) is 12.0 Å². The summed E-state index contributed by atoms with van der Waals surface area (Å²) in [6.45, 7) is 1.85. The van der Waals surface area contributed by atoms with E-state index in [2.05, 4.69) is 5.32 Å². The third-order valence-corrected chi connectivity index (χ3v) is 5.48. The standard InChI is InChI=1S/C22H22N2O3S/c1-16(18-11-13-20(14-12-18)28(23,26)27)24-22(25)21-10-6-5-9-19(21)15-17-7-3-2-4-8-17/h2-14,16H,15H2,1H3,(H,24,25)(H2,23,26,27)/t16-/m0/s1.